The van der Waals surface area contributed by atoms with Gasteiger partial charge in [-0.25, -0.2) is 4.39 Å². The maximum absolute atomic E-state index is 13.6. The van der Waals surface area contributed by atoms with Gasteiger partial charge in [0.25, 0.3) is 0 Å². The lowest BCUT2D eigenvalue weighted by Crippen LogP contribution is -2.04. The van der Waals surface area contributed by atoms with Crippen molar-refractivity contribution in [2.75, 3.05) is 5.88 Å². The average molecular weight is 231 g/mol. The van der Waals surface area contributed by atoms with Gasteiger partial charge in [-0.15, -0.1) is 11.6 Å². The molecule has 0 spiro atoms. The minimum atomic E-state index is -0.746. The van der Waals surface area contributed by atoms with Gasteiger partial charge >= 0.3 is 0 Å². The molecule has 1 unspecified atom stereocenters. The molecule has 1 aromatic rings. The second-order valence-electron chi connectivity index (χ2n) is 3.82. The monoisotopic (exact) mass is 230 g/mol. The van der Waals surface area contributed by atoms with Crippen LogP contribution in [0, 0.1) is 19.7 Å². The van der Waals surface area contributed by atoms with E-state index in [2.05, 4.69) is 0 Å². The summed E-state index contributed by atoms with van der Waals surface area (Å²) in [5.41, 5.74) is 2.08. The topological polar surface area (TPSA) is 20.2 Å². The molecule has 0 aliphatic heterocycles. The van der Waals surface area contributed by atoms with Gasteiger partial charge in [-0.05, 0) is 43.9 Å². The summed E-state index contributed by atoms with van der Waals surface area (Å²) in [4.78, 5) is 0. The number of rotatable bonds is 4. The van der Waals surface area contributed by atoms with E-state index >= 15 is 0 Å². The number of hydrogen-bond acceptors (Lipinski definition) is 1. The van der Waals surface area contributed by atoms with E-state index < -0.39 is 6.10 Å². The molecule has 0 aliphatic carbocycles. The largest absolute Gasteiger partial charge is 0.388 e. The highest BCUT2D eigenvalue weighted by Gasteiger charge is 2.15. The number of aryl methyl sites for hydroxylation is 2. The lowest BCUT2D eigenvalue weighted by molar-refractivity contribution is 0.161. The van der Waals surface area contributed by atoms with E-state index in [4.69, 9.17) is 11.6 Å². The first-order valence-electron chi connectivity index (χ1n) is 5.07. The molecule has 0 bridgehead atoms. The van der Waals surface area contributed by atoms with Gasteiger partial charge in [0.1, 0.15) is 5.82 Å². The van der Waals surface area contributed by atoms with Crippen LogP contribution in [0.5, 0.6) is 0 Å². The molecule has 0 saturated heterocycles. The summed E-state index contributed by atoms with van der Waals surface area (Å²) < 4.78 is 13.6. The zero-order valence-corrected chi connectivity index (χ0v) is 9.81. The van der Waals surface area contributed by atoms with Crippen molar-refractivity contribution in [2.45, 2.75) is 32.8 Å². The van der Waals surface area contributed by atoms with Crippen molar-refractivity contribution >= 4 is 11.6 Å². The fraction of sp³-hybridized carbons (Fsp3) is 0.500. The Hall–Kier alpha value is -0.600. The van der Waals surface area contributed by atoms with E-state index in [1.54, 1.807) is 0 Å². The number of aliphatic hydroxyl groups is 1. The Balaban J connectivity index is 2.92. The van der Waals surface area contributed by atoms with Crippen LogP contribution in [0.4, 0.5) is 4.39 Å². The zero-order chi connectivity index (χ0) is 11.4. The van der Waals surface area contributed by atoms with Gasteiger partial charge in [0.05, 0.1) is 6.10 Å². The minimum Gasteiger partial charge on any atom is -0.388 e. The van der Waals surface area contributed by atoms with Crippen molar-refractivity contribution in [3.05, 3.63) is 34.6 Å². The molecular weight excluding hydrogens is 215 g/mol. The summed E-state index contributed by atoms with van der Waals surface area (Å²) in [5.74, 6) is 0.165. The molecular formula is C12H16ClFO. The van der Waals surface area contributed by atoms with Gasteiger partial charge in [-0.1, -0.05) is 6.07 Å². The average Bonchev–Trinajstić information content (AvgIpc) is 2.12. The van der Waals surface area contributed by atoms with Crippen molar-refractivity contribution in [2.24, 2.45) is 0 Å². The molecule has 1 N–H and O–H groups in total. The molecule has 0 heterocycles. The quantitative estimate of drug-likeness (QED) is 0.785. The number of hydrogen-bond donors (Lipinski definition) is 1. The molecule has 0 radical (unpaired) electrons. The molecule has 15 heavy (non-hydrogen) atoms. The molecule has 0 saturated carbocycles. The molecule has 84 valence electrons. The van der Waals surface area contributed by atoms with Crippen molar-refractivity contribution in [3.8, 4) is 0 Å². The van der Waals surface area contributed by atoms with Crippen LogP contribution in [-0.4, -0.2) is 11.0 Å². The Kier molecular flexibility index (Phi) is 4.55. The first-order chi connectivity index (χ1) is 7.06. The molecule has 1 rings (SSSR count). The Labute approximate surface area is 94.9 Å². The third-order valence-corrected chi connectivity index (χ3v) is 2.69. The molecule has 0 aliphatic rings. The number of aliphatic hydroxyl groups excluding tert-OH is 1. The van der Waals surface area contributed by atoms with E-state index in [0.29, 0.717) is 24.3 Å². The van der Waals surface area contributed by atoms with Crippen LogP contribution >= 0.6 is 11.6 Å². The molecule has 1 aromatic carbocycles. The molecule has 1 nitrogen and oxygen atoms in total. The maximum Gasteiger partial charge on any atom is 0.129 e. The van der Waals surface area contributed by atoms with Gasteiger partial charge in [0.2, 0.25) is 0 Å². The highest BCUT2D eigenvalue weighted by atomic mass is 35.5. The molecule has 0 aromatic heterocycles. The van der Waals surface area contributed by atoms with Crippen molar-refractivity contribution < 1.29 is 9.50 Å². The van der Waals surface area contributed by atoms with E-state index in [-0.39, 0.29) is 5.82 Å². The second-order valence-corrected chi connectivity index (χ2v) is 4.20. The predicted octanol–water partition coefficient (Wildman–Crippen LogP) is 3.49. The third kappa shape index (κ3) is 3.18. The zero-order valence-electron chi connectivity index (χ0n) is 9.06. The van der Waals surface area contributed by atoms with Crippen LogP contribution in [0.25, 0.3) is 0 Å². The predicted molar refractivity (Wildman–Crippen MR) is 60.8 cm³/mol. The maximum atomic E-state index is 13.6. The van der Waals surface area contributed by atoms with Crippen LogP contribution in [0.1, 0.15) is 35.6 Å². The third-order valence-electron chi connectivity index (χ3n) is 2.43. The van der Waals surface area contributed by atoms with Crippen molar-refractivity contribution in [1.82, 2.24) is 0 Å². The molecule has 1 atom stereocenters. The summed E-state index contributed by atoms with van der Waals surface area (Å²) >= 11 is 5.53. The first kappa shape index (κ1) is 12.5. The lowest BCUT2D eigenvalue weighted by atomic mass is 9.98. The summed E-state index contributed by atoms with van der Waals surface area (Å²) in [7, 11) is 0. The minimum absolute atomic E-state index is 0.324. The van der Waals surface area contributed by atoms with Gasteiger partial charge in [-0.2, -0.15) is 0 Å². The fourth-order valence-electron chi connectivity index (χ4n) is 1.76. The Bertz CT molecular complexity index is 315. The standard InChI is InChI=1S/C12H16ClFO/c1-8-6-9(2)12(10(14)7-8)11(15)4-3-5-13/h6-7,11,15H,3-5H2,1-2H3. The van der Waals surface area contributed by atoms with E-state index in [1.165, 1.54) is 6.07 Å². The first-order valence-corrected chi connectivity index (χ1v) is 5.60. The van der Waals surface area contributed by atoms with E-state index in [0.717, 1.165) is 11.1 Å². The summed E-state index contributed by atoms with van der Waals surface area (Å²) in [6, 6.07) is 3.33. The number of halogens is 2. The van der Waals surface area contributed by atoms with Crippen molar-refractivity contribution in [1.29, 1.82) is 0 Å². The molecule has 0 amide bonds. The van der Waals surface area contributed by atoms with Crippen LogP contribution in [-0.2, 0) is 0 Å². The lowest BCUT2D eigenvalue weighted by Gasteiger charge is -2.14. The summed E-state index contributed by atoms with van der Waals surface area (Å²) in [6.07, 6.45) is 0.448. The molecule has 3 heteroatoms. The van der Waals surface area contributed by atoms with Crippen LogP contribution in [0.3, 0.4) is 0 Å². The second kappa shape index (κ2) is 5.47. The van der Waals surface area contributed by atoms with Gasteiger partial charge < -0.3 is 5.11 Å². The van der Waals surface area contributed by atoms with E-state index in [1.807, 2.05) is 19.9 Å². The fourth-order valence-corrected chi connectivity index (χ4v) is 1.92. The highest BCUT2D eigenvalue weighted by molar-refractivity contribution is 6.17. The SMILES string of the molecule is Cc1cc(C)c(C(O)CCCCl)c(F)c1. The molecule has 0 fully saturated rings. The van der Waals surface area contributed by atoms with Gasteiger partial charge in [0, 0.05) is 11.4 Å². The van der Waals surface area contributed by atoms with E-state index in [9.17, 15) is 9.50 Å². The Morgan fingerprint density at radius 3 is 2.60 bits per heavy atom. The summed E-state index contributed by atoms with van der Waals surface area (Å²) in [6.45, 7) is 3.65. The Morgan fingerprint density at radius 2 is 2.07 bits per heavy atom. The van der Waals surface area contributed by atoms with Crippen LogP contribution < -0.4 is 0 Å². The highest BCUT2D eigenvalue weighted by Crippen LogP contribution is 2.26. The smallest absolute Gasteiger partial charge is 0.129 e. The van der Waals surface area contributed by atoms with Crippen molar-refractivity contribution in [3.63, 3.8) is 0 Å². The summed E-state index contributed by atoms with van der Waals surface area (Å²) in [5, 5.41) is 9.81. The van der Waals surface area contributed by atoms with Crippen LogP contribution in [0.2, 0.25) is 0 Å². The normalized spacial score (nSPS) is 12.9. The van der Waals surface area contributed by atoms with Crippen LogP contribution in [0.15, 0.2) is 12.1 Å². The van der Waals surface area contributed by atoms with Gasteiger partial charge in [-0.3, -0.25) is 0 Å². The number of benzene rings is 1. The number of alkyl halides is 1. The van der Waals surface area contributed by atoms with Gasteiger partial charge in [0.15, 0.2) is 0 Å². The Morgan fingerprint density at radius 1 is 1.40 bits per heavy atom.